The van der Waals surface area contributed by atoms with Crippen LogP contribution in [0.2, 0.25) is 0 Å². The van der Waals surface area contributed by atoms with Crippen molar-refractivity contribution >= 4 is 5.57 Å². The molecule has 2 aromatic carbocycles. The first kappa shape index (κ1) is 14.5. The molecule has 2 rings (SSSR count). The lowest BCUT2D eigenvalue weighted by Crippen LogP contribution is -2.02. The molecule has 0 heterocycles. The van der Waals surface area contributed by atoms with E-state index in [0.29, 0.717) is 0 Å². The predicted molar refractivity (Wildman–Crippen MR) is 84.4 cm³/mol. The molecule has 0 spiro atoms. The maximum atomic E-state index is 14.0. The Labute approximate surface area is 121 Å². The minimum atomic E-state index is -0.103. The van der Waals surface area contributed by atoms with Crippen LogP contribution in [0.5, 0.6) is 0 Å². The molecule has 0 N–H and O–H groups in total. The van der Waals surface area contributed by atoms with Gasteiger partial charge in [-0.25, -0.2) is 4.39 Å². The fourth-order valence-corrected chi connectivity index (χ4v) is 2.46. The van der Waals surface area contributed by atoms with Crippen molar-refractivity contribution in [3.63, 3.8) is 0 Å². The molecule has 0 radical (unpaired) electrons. The lowest BCUT2D eigenvalue weighted by atomic mass is 9.91. The van der Waals surface area contributed by atoms with Gasteiger partial charge in [0.15, 0.2) is 0 Å². The summed E-state index contributed by atoms with van der Waals surface area (Å²) in [6.45, 7) is 9.95. The smallest absolute Gasteiger partial charge is 0.126 e. The second kappa shape index (κ2) is 6.04. The number of halogens is 1. The van der Waals surface area contributed by atoms with E-state index < -0.39 is 0 Å². The molecule has 0 aliphatic carbocycles. The zero-order chi connectivity index (χ0) is 14.7. The van der Waals surface area contributed by atoms with Crippen molar-refractivity contribution in [1.82, 2.24) is 0 Å². The summed E-state index contributed by atoms with van der Waals surface area (Å²) in [6.07, 6.45) is 0.834. The first-order valence-electron chi connectivity index (χ1n) is 6.98. The fraction of sp³-hybridized carbons (Fsp3) is 0.263. The third-order valence-corrected chi connectivity index (χ3v) is 3.65. The van der Waals surface area contributed by atoms with Crippen molar-refractivity contribution in [3.05, 3.63) is 77.1 Å². The highest BCUT2D eigenvalue weighted by Gasteiger charge is 2.12. The molecule has 0 nitrogen and oxygen atoms in total. The third kappa shape index (κ3) is 3.36. The molecule has 1 atom stereocenters. The summed E-state index contributed by atoms with van der Waals surface area (Å²) in [7, 11) is 0. The van der Waals surface area contributed by atoms with E-state index in [9.17, 15) is 4.39 Å². The second-order valence-corrected chi connectivity index (χ2v) is 5.61. The van der Waals surface area contributed by atoms with Crippen LogP contribution < -0.4 is 0 Å². The van der Waals surface area contributed by atoms with E-state index in [0.717, 1.165) is 28.7 Å². The van der Waals surface area contributed by atoms with Gasteiger partial charge in [0, 0.05) is 0 Å². The molecule has 20 heavy (non-hydrogen) atoms. The van der Waals surface area contributed by atoms with Crippen LogP contribution in [0.1, 0.15) is 42.0 Å². The molecule has 0 bridgehead atoms. The van der Waals surface area contributed by atoms with E-state index >= 15 is 0 Å². The summed E-state index contributed by atoms with van der Waals surface area (Å²) in [5, 5.41) is 0. The molecule has 104 valence electrons. The first-order valence-corrected chi connectivity index (χ1v) is 6.98. The van der Waals surface area contributed by atoms with Crippen molar-refractivity contribution in [2.75, 3.05) is 0 Å². The Morgan fingerprint density at radius 1 is 1.20 bits per heavy atom. The summed E-state index contributed by atoms with van der Waals surface area (Å²) in [5.74, 6) is 0.0597. The lowest BCUT2D eigenvalue weighted by Gasteiger charge is -2.14. The number of hydrogen-bond acceptors (Lipinski definition) is 0. The topological polar surface area (TPSA) is 0 Å². The van der Waals surface area contributed by atoms with Gasteiger partial charge in [0.1, 0.15) is 5.82 Å². The van der Waals surface area contributed by atoms with Gasteiger partial charge in [-0.2, -0.15) is 0 Å². The van der Waals surface area contributed by atoms with Crippen LogP contribution in [-0.2, 0) is 6.42 Å². The summed E-state index contributed by atoms with van der Waals surface area (Å²) in [5.41, 5.74) is 5.18. The van der Waals surface area contributed by atoms with Gasteiger partial charge in [-0.3, -0.25) is 0 Å². The predicted octanol–water partition coefficient (Wildman–Crippen LogP) is 5.51. The normalized spacial score (nSPS) is 12.2. The Balaban J connectivity index is 2.21. The van der Waals surface area contributed by atoms with Gasteiger partial charge in [0.2, 0.25) is 0 Å². The van der Waals surface area contributed by atoms with Crippen molar-refractivity contribution in [1.29, 1.82) is 0 Å². The molecule has 1 unspecified atom stereocenters. The monoisotopic (exact) mass is 268 g/mol. The molecule has 1 heteroatoms. The van der Waals surface area contributed by atoms with Gasteiger partial charge in [-0.1, -0.05) is 55.5 Å². The van der Waals surface area contributed by atoms with Gasteiger partial charge in [-0.15, -0.1) is 0 Å². The van der Waals surface area contributed by atoms with Gasteiger partial charge in [0.25, 0.3) is 0 Å². The average molecular weight is 268 g/mol. The Morgan fingerprint density at radius 2 is 1.95 bits per heavy atom. The maximum absolute atomic E-state index is 14.0. The van der Waals surface area contributed by atoms with Crippen LogP contribution in [0.15, 0.2) is 49.0 Å². The van der Waals surface area contributed by atoms with Gasteiger partial charge >= 0.3 is 0 Å². The van der Waals surface area contributed by atoms with Crippen molar-refractivity contribution in [3.8, 4) is 0 Å². The Hall–Kier alpha value is -1.89. The molecule has 2 aromatic rings. The summed E-state index contributed by atoms with van der Waals surface area (Å²) < 4.78 is 14.0. The van der Waals surface area contributed by atoms with Crippen LogP contribution in [0.25, 0.3) is 5.57 Å². The lowest BCUT2D eigenvalue weighted by molar-refractivity contribution is 0.586. The minimum Gasteiger partial charge on any atom is -0.207 e. The fourth-order valence-electron chi connectivity index (χ4n) is 2.46. The summed E-state index contributed by atoms with van der Waals surface area (Å²) in [6, 6.07) is 13.8. The van der Waals surface area contributed by atoms with E-state index in [1.165, 1.54) is 5.56 Å². The van der Waals surface area contributed by atoms with Crippen LogP contribution in [-0.4, -0.2) is 0 Å². The first-order chi connectivity index (χ1) is 9.47. The third-order valence-electron chi connectivity index (χ3n) is 3.65. The highest BCUT2D eigenvalue weighted by molar-refractivity contribution is 5.61. The number of hydrogen-bond donors (Lipinski definition) is 0. The quantitative estimate of drug-likeness (QED) is 0.685. The zero-order valence-electron chi connectivity index (χ0n) is 12.4. The standard InChI is InChI=1S/C19H21F/c1-13(2)17-7-5-6-16(12-17)11-15(4)18-9-8-14(3)10-19(18)20/h5-10,12,15H,1,11H2,2-4H3. The summed E-state index contributed by atoms with van der Waals surface area (Å²) in [4.78, 5) is 0. The van der Waals surface area contributed by atoms with Crippen molar-refractivity contribution < 1.29 is 4.39 Å². The summed E-state index contributed by atoms with van der Waals surface area (Å²) >= 11 is 0. The van der Waals surface area contributed by atoms with Crippen LogP contribution in [0, 0.1) is 12.7 Å². The van der Waals surface area contributed by atoms with Crippen molar-refractivity contribution in [2.24, 2.45) is 0 Å². The van der Waals surface area contributed by atoms with Gasteiger partial charge in [0.05, 0.1) is 0 Å². The maximum Gasteiger partial charge on any atom is 0.126 e. The van der Waals surface area contributed by atoms with E-state index in [2.05, 4.69) is 31.7 Å². The molecule has 0 amide bonds. The SMILES string of the molecule is C=C(C)c1cccc(CC(C)c2ccc(C)cc2F)c1. The molecule has 0 aromatic heterocycles. The van der Waals surface area contributed by atoms with Gasteiger partial charge < -0.3 is 0 Å². The largest absolute Gasteiger partial charge is 0.207 e. The molecule has 0 saturated carbocycles. The minimum absolute atomic E-state index is 0.103. The van der Waals surface area contributed by atoms with Crippen LogP contribution >= 0.6 is 0 Å². The van der Waals surface area contributed by atoms with Crippen molar-refractivity contribution in [2.45, 2.75) is 33.1 Å². The molecule has 0 aliphatic rings. The molecule has 0 saturated heterocycles. The highest BCUT2D eigenvalue weighted by atomic mass is 19.1. The molecular formula is C19H21F. The van der Waals surface area contributed by atoms with E-state index in [4.69, 9.17) is 0 Å². The van der Waals surface area contributed by atoms with E-state index in [1.807, 2.05) is 32.0 Å². The highest BCUT2D eigenvalue weighted by Crippen LogP contribution is 2.25. The Morgan fingerprint density at radius 3 is 2.60 bits per heavy atom. The average Bonchev–Trinajstić information content (AvgIpc) is 2.38. The van der Waals surface area contributed by atoms with Gasteiger partial charge in [-0.05, 0) is 54.5 Å². The molecule has 0 fully saturated rings. The molecule has 0 aliphatic heterocycles. The number of rotatable bonds is 4. The van der Waals surface area contributed by atoms with E-state index in [-0.39, 0.29) is 11.7 Å². The Kier molecular flexibility index (Phi) is 4.39. The Bertz CT molecular complexity index is 625. The van der Waals surface area contributed by atoms with Crippen LogP contribution in [0.3, 0.4) is 0 Å². The number of allylic oxidation sites excluding steroid dienone is 1. The number of benzene rings is 2. The van der Waals surface area contributed by atoms with E-state index in [1.54, 1.807) is 6.07 Å². The molecular weight excluding hydrogens is 247 g/mol. The number of aryl methyl sites for hydroxylation is 1. The second-order valence-electron chi connectivity index (χ2n) is 5.61. The zero-order valence-corrected chi connectivity index (χ0v) is 12.4. The van der Waals surface area contributed by atoms with Crippen LogP contribution in [0.4, 0.5) is 4.39 Å².